The average molecular weight is 194 g/mol. The average Bonchev–Trinajstić information content (AvgIpc) is 2.50. The van der Waals surface area contributed by atoms with Crippen molar-refractivity contribution in [1.29, 1.82) is 0 Å². The Morgan fingerprint density at radius 1 is 1.57 bits per heavy atom. The highest BCUT2D eigenvalue weighted by atomic mass is 16.5. The second-order valence-electron chi connectivity index (χ2n) is 3.18. The zero-order chi connectivity index (χ0) is 10.1. The number of nitrogens with zero attached hydrogens (tertiary/aromatic N) is 2. The van der Waals surface area contributed by atoms with E-state index in [1.165, 1.54) is 0 Å². The highest BCUT2D eigenvalue weighted by Crippen LogP contribution is 2.24. The molecule has 1 aliphatic heterocycles. The van der Waals surface area contributed by atoms with Gasteiger partial charge in [0.1, 0.15) is 12.2 Å². The number of fused-ring (bicyclic) bond motifs is 1. The molecule has 5 nitrogen and oxygen atoms in total. The summed E-state index contributed by atoms with van der Waals surface area (Å²) in [5.74, 6) is -0.0632. The van der Waals surface area contributed by atoms with Gasteiger partial charge >= 0.3 is 5.97 Å². The zero-order valence-electron chi connectivity index (χ0n) is 7.78. The van der Waals surface area contributed by atoms with Gasteiger partial charge in [-0.25, -0.2) is 4.98 Å². The SMILES string of the molecule is Cc1nc(CC(=O)O)nc2c1CCO2. The molecule has 2 heterocycles. The molecular formula is C9H10N2O3. The third kappa shape index (κ3) is 1.53. The third-order valence-electron chi connectivity index (χ3n) is 2.12. The molecule has 0 radical (unpaired) electrons. The molecule has 0 atom stereocenters. The minimum Gasteiger partial charge on any atom is -0.481 e. The van der Waals surface area contributed by atoms with Gasteiger partial charge in [0, 0.05) is 17.7 Å². The van der Waals surface area contributed by atoms with Gasteiger partial charge in [-0.15, -0.1) is 0 Å². The smallest absolute Gasteiger partial charge is 0.311 e. The van der Waals surface area contributed by atoms with Crippen molar-refractivity contribution in [3.8, 4) is 5.88 Å². The largest absolute Gasteiger partial charge is 0.481 e. The Morgan fingerprint density at radius 2 is 2.36 bits per heavy atom. The first kappa shape index (κ1) is 8.93. The molecule has 0 aromatic carbocycles. The van der Waals surface area contributed by atoms with Crippen LogP contribution < -0.4 is 4.74 Å². The van der Waals surface area contributed by atoms with E-state index in [1.54, 1.807) is 0 Å². The minimum absolute atomic E-state index is 0.155. The lowest BCUT2D eigenvalue weighted by Crippen LogP contribution is -2.07. The zero-order valence-corrected chi connectivity index (χ0v) is 7.78. The lowest BCUT2D eigenvalue weighted by Gasteiger charge is -2.03. The lowest BCUT2D eigenvalue weighted by atomic mass is 10.2. The molecule has 0 amide bonds. The number of aromatic nitrogens is 2. The van der Waals surface area contributed by atoms with Crippen molar-refractivity contribution in [2.24, 2.45) is 0 Å². The van der Waals surface area contributed by atoms with Crippen molar-refractivity contribution in [3.63, 3.8) is 0 Å². The number of ether oxygens (including phenoxy) is 1. The van der Waals surface area contributed by atoms with E-state index < -0.39 is 5.97 Å². The number of aryl methyl sites for hydroxylation is 1. The van der Waals surface area contributed by atoms with Crippen molar-refractivity contribution >= 4 is 5.97 Å². The van der Waals surface area contributed by atoms with Crippen LogP contribution in [0.25, 0.3) is 0 Å². The van der Waals surface area contributed by atoms with E-state index in [4.69, 9.17) is 9.84 Å². The molecule has 1 aromatic rings. The van der Waals surface area contributed by atoms with Gasteiger partial charge in [-0.05, 0) is 6.92 Å². The van der Waals surface area contributed by atoms with E-state index in [9.17, 15) is 4.79 Å². The van der Waals surface area contributed by atoms with Gasteiger partial charge in [0.15, 0.2) is 0 Å². The van der Waals surface area contributed by atoms with Crippen LogP contribution in [0.15, 0.2) is 0 Å². The van der Waals surface area contributed by atoms with Crippen LogP contribution in [0.1, 0.15) is 17.1 Å². The Morgan fingerprint density at radius 3 is 3.07 bits per heavy atom. The van der Waals surface area contributed by atoms with Crippen molar-refractivity contribution < 1.29 is 14.6 Å². The Balaban J connectivity index is 2.36. The van der Waals surface area contributed by atoms with Crippen LogP contribution in [0.3, 0.4) is 0 Å². The predicted molar refractivity (Wildman–Crippen MR) is 47.3 cm³/mol. The minimum atomic E-state index is -0.928. The Bertz CT molecular complexity index is 390. The Hall–Kier alpha value is -1.65. The summed E-state index contributed by atoms with van der Waals surface area (Å²) >= 11 is 0. The molecular weight excluding hydrogens is 184 g/mol. The maximum atomic E-state index is 10.5. The van der Waals surface area contributed by atoms with E-state index in [-0.39, 0.29) is 6.42 Å². The van der Waals surface area contributed by atoms with E-state index in [0.29, 0.717) is 18.3 Å². The van der Waals surface area contributed by atoms with Crippen LogP contribution in [0, 0.1) is 6.92 Å². The fourth-order valence-corrected chi connectivity index (χ4v) is 1.50. The summed E-state index contributed by atoms with van der Waals surface area (Å²) in [7, 11) is 0. The first-order valence-corrected chi connectivity index (χ1v) is 4.38. The third-order valence-corrected chi connectivity index (χ3v) is 2.12. The number of carbonyl (C=O) groups is 1. The molecule has 0 bridgehead atoms. The number of rotatable bonds is 2. The number of hydrogen-bond acceptors (Lipinski definition) is 4. The molecule has 74 valence electrons. The summed E-state index contributed by atoms with van der Waals surface area (Å²) in [4.78, 5) is 18.6. The molecule has 0 aliphatic carbocycles. The standard InChI is InChI=1S/C9H10N2O3/c1-5-6-2-3-14-9(6)11-7(10-5)4-8(12)13/h2-4H2,1H3,(H,12,13). The van der Waals surface area contributed by atoms with Crippen molar-refractivity contribution in [2.45, 2.75) is 19.8 Å². The summed E-state index contributed by atoms with van der Waals surface area (Å²) in [6.07, 6.45) is 0.659. The van der Waals surface area contributed by atoms with Gasteiger partial charge in [-0.2, -0.15) is 4.98 Å². The van der Waals surface area contributed by atoms with Gasteiger partial charge in [-0.3, -0.25) is 4.79 Å². The topological polar surface area (TPSA) is 72.3 Å². The molecule has 14 heavy (non-hydrogen) atoms. The molecule has 1 aromatic heterocycles. The van der Waals surface area contributed by atoms with Crippen molar-refractivity contribution in [3.05, 3.63) is 17.1 Å². The van der Waals surface area contributed by atoms with Gasteiger partial charge in [0.2, 0.25) is 5.88 Å². The highest BCUT2D eigenvalue weighted by molar-refractivity contribution is 5.69. The van der Waals surface area contributed by atoms with Gasteiger partial charge in [0.25, 0.3) is 0 Å². The fourth-order valence-electron chi connectivity index (χ4n) is 1.50. The summed E-state index contributed by atoms with van der Waals surface area (Å²) in [6, 6.07) is 0. The van der Waals surface area contributed by atoms with Gasteiger partial charge in [-0.1, -0.05) is 0 Å². The van der Waals surface area contributed by atoms with E-state index >= 15 is 0 Å². The summed E-state index contributed by atoms with van der Waals surface area (Å²) in [6.45, 7) is 2.46. The fraction of sp³-hybridized carbons (Fsp3) is 0.444. The first-order chi connectivity index (χ1) is 6.66. The first-order valence-electron chi connectivity index (χ1n) is 4.38. The second-order valence-corrected chi connectivity index (χ2v) is 3.18. The van der Waals surface area contributed by atoms with E-state index in [0.717, 1.165) is 17.7 Å². The van der Waals surface area contributed by atoms with Gasteiger partial charge in [0.05, 0.1) is 6.61 Å². The monoisotopic (exact) mass is 194 g/mol. The number of carboxylic acids is 1. The van der Waals surface area contributed by atoms with Crippen LogP contribution >= 0.6 is 0 Å². The molecule has 0 saturated heterocycles. The van der Waals surface area contributed by atoms with Crippen LogP contribution in [-0.4, -0.2) is 27.7 Å². The quantitative estimate of drug-likeness (QED) is 0.735. The molecule has 0 fully saturated rings. The molecule has 1 N–H and O–H groups in total. The van der Waals surface area contributed by atoms with Gasteiger partial charge < -0.3 is 9.84 Å². The molecule has 2 rings (SSSR count). The molecule has 0 unspecified atom stereocenters. The normalized spacial score (nSPS) is 13.5. The Labute approximate surface area is 80.8 Å². The summed E-state index contributed by atoms with van der Waals surface area (Å²) < 4.78 is 5.26. The van der Waals surface area contributed by atoms with E-state index in [1.807, 2.05) is 6.92 Å². The van der Waals surface area contributed by atoms with Crippen molar-refractivity contribution in [1.82, 2.24) is 9.97 Å². The molecule has 0 spiro atoms. The van der Waals surface area contributed by atoms with Crippen LogP contribution in [0.4, 0.5) is 0 Å². The Kier molecular flexibility index (Phi) is 2.07. The number of aliphatic carboxylic acids is 1. The maximum absolute atomic E-state index is 10.5. The molecule has 0 saturated carbocycles. The van der Waals surface area contributed by atoms with Crippen LogP contribution in [-0.2, 0) is 17.6 Å². The van der Waals surface area contributed by atoms with Crippen LogP contribution in [0.5, 0.6) is 5.88 Å². The predicted octanol–water partition coefficient (Wildman–Crippen LogP) is 0.347. The van der Waals surface area contributed by atoms with Crippen molar-refractivity contribution in [2.75, 3.05) is 6.61 Å². The number of hydrogen-bond donors (Lipinski definition) is 1. The lowest BCUT2D eigenvalue weighted by molar-refractivity contribution is -0.136. The molecule has 5 heteroatoms. The van der Waals surface area contributed by atoms with Crippen LogP contribution in [0.2, 0.25) is 0 Å². The van der Waals surface area contributed by atoms with E-state index in [2.05, 4.69) is 9.97 Å². The summed E-state index contributed by atoms with van der Waals surface area (Å²) in [5, 5.41) is 8.59. The molecule has 1 aliphatic rings. The second kappa shape index (κ2) is 3.25. The maximum Gasteiger partial charge on any atom is 0.311 e. The summed E-state index contributed by atoms with van der Waals surface area (Å²) in [5.41, 5.74) is 1.82. The number of carboxylic acid groups (broad SMARTS) is 1. The highest BCUT2D eigenvalue weighted by Gasteiger charge is 2.19.